The van der Waals surface area contributed by atoms with E-state index in [1.165, 1.54) is 0 Å². The van der Waals surface area contributed by atoms with Gasteiger partial charge in [0.15, 0.2) is 0 Å². The second kappa shape index (κ2) is 6.86. The zero-order valence-electron chi connectivity index (χ0n) is 10.4. The molecule has 1 saturated heterocycles. The number of nitrogens with two attached hydrogens (primary N) is 1. The number of nitrogens with zero attached hydrogens (tertiary/aromatic N) is 1. The number of hydrogen-bond donors (Lipinski definition) is 1. The standard InChI is InChI=1S/C12H24N2O2/c1-3-6-14(7-4-5-13)12(15)11-8-10(2)16-9-11/h10-11H,3-9,13H2,1-2H3. The molecule has 0 bridgehead atoms. The summed E-state index contributed by atoms with van der Waals surface area (Å²) in [5.74, 6) is 0.318. The van der Waals surface area contributed by atoms with Crippen LogP contribution in [0.4, 0.5) is 0 Å². The quantitative estimate of drug-likeness (QED) is 0.738. The lowest BCUT2D eigenvalue weighted by Gasteiger charge is -2.24. The van der Waals surface area contributed by atoms with Crippen molar-refractivity contribution < 1.29 is 9.53 Å². The van der Waals surface area contributed by atoms with Crippen LogP contribution in [-0.4, -0.2) is 43.2 Å². The third kappa shape index (κ3) is 3.76. The van der Waals surface area contributed by atoms with E-state index in [4.69, 9.17) is 10.5 Å². The van der Waals surface area contributed by atoms with Crippen LogP contribution in [0, 0.1) is 5.92 Å². The van der Waals surface area contributed by atoms with E-state index in [-0.39, 0.29) is 17.9 Å². The van der Waals surface area contributed by atoms with Crippen LogP contribution in [-0.2, 0) is 9.53 Å². The average Bonchev–Trinajstić information content (AvgIpc) is 2.70. The molecule has 4 nitrogen and oxygen atoms in total. The molecule has 2 N–H and O–H groups in total. The second-order valence-electron chi connectivity index (χ2n) is 4.54. The van der Waals surface area contributed by atoms with E-state index >= 15 is 0 Å². The van der Waals surface area contributed by atoms with Crippen molar-refractivity contribution in [3.63, 3.8) is 0 Å². The molecule has 0 radical (unpaired) electrons. The molecule has 0 aromatic rings. The molecule has 2 unspecified atom stereocenters. The van der Waals surface area contributed by atoms with Crippen LogP contribution in [0.25, 0.3) is 0 Å². The Kier molecular flexibility index (Phi) is 5.77. The SMILES string of the molecule is CCCN(CCCN)C(=O)C1COC(C)C1. The van der Waals surface area contributed by atoms with Crippen molar-refractivity contribution >= 4 is 5.91 Å². The van der Waals surface area contributed by atoms with Crippen molar-refractivity contribution in [2.45, 2.75) is 39.2 Å². The summed E-state index contributed by atoms with van der Waals surface area (Å²) in [4.78, 5) is 14.1. The van der Waals surface area contributed by atoms with Crippen molar-refractivity contribution in [1.82, 2.24) is 4.90 Å². The highest BCUT2D eigenvalue weighted by Crippen LogP contribution is 2.21. The predicted molar refractivity (Wildman–Crippen MR) is 64.1 cm³/mol. The third-order valence-corrected chi connectivity index (χ3v) is 2.98. The van der Waals surface area contributed by atoms with E-state index in [0.29, 0.717) is 13.2 Å². The van der Waals surface area contributed by atoms with Gasteiger partial charge < -0.3 is 15.4 Å². The predicted octanol–water partition coefficient (Wildman–Crippen LogP) is 0.999. The Labute approximate surface area is 98.1 Å². The molecule has 1 aliphatic heterocycles. The van der Waals surface area contributed by atoms with Crippen LogP contribution in [0.2, 0.25) is 0 Å². The minimum absolute atomic E-state index is 0.0688. The first-order valence-electron chi connectivity index (χ1n) is 6.29. The number of ether oxygens (including phenoxy) is 1. The van der Waals surface area contributed by atoms with Gasteiger partial charge in [-0.05, 0) is 32.7 Å². The molecule has 94 valence electrons. The van der Waals surface area contributed by atoms with Crippen LogP contribution in [0.3, 0.4) is 0 Å². The number of rotatable bonds is 6. The van der Waals surface area contributed by atoms with Crippen LogP contribution >= 0.6 is 0 Å². The molecule has 0 saturated carbocycles. The minimum atomic E-state index is 0.0688. The summed E-state index contributed by atoms with van der Waals surface area (Å²) in [5.41, 5.74) is 5.49. The van der Waals surface area contributed by atoms with Crippen LogP contribution in [0.5, 0.6) is 0 Å². The maximum Gasteiger partial charge on any atom is 0.228 e. The molecular formula is C12H24N2O2. The summed E-state index contributed by atoms with van der Waals surface area (Å²) in [6, 6.07) is 0. The van der Waals surface area contributed by atoms with Gasteiger partial charge in [-0.3, -0.25) is 4.79 Å². The molecule has 16 heavy (non-hydrogen) atoms. The molecule has 1 fully saturated rings. The number of hydrogen-bond acceptors (Lipinski definition) is 3. The van der Waals surface area contributed by atoms with Crippen molar-refractivity contribution in [3.8, 4) is 0 Å². The maximum absolute atomic E-state index is 12.2. The summed E-state index contributed by atoms with van der Waals surface area (Å²) in [7, 11) is 0. The molecule has 1 rings (SSSR count). The Morgan fingerprint density at radius 1 is 1.50 bits per heavy atom. The van der Waals surface area contributed by atoms with Crippen LogP contribution in [0.15, 0.2) is 0 Å². The first kappa shape index (κ1) is 13.5. The highest BCUT2D eigenvalue weighted by molar-refractivity contribution is 5.79. The third-order valence-electron chi connectivity index (χ3n) is 2.98. The number of carbonyl (C=O) groups is 1. The Morgan fingerprint density at radius 3 is 2.75 bits per heavy atom. The van der Waals surface area contributed by atoms with E-state index < -0.39 is 0 Å². The first-order chi connectivity index (χ1) is 7.69. The molecule has 1 heterocycles. The fourth-order valence-electron chi connectivity index (χ4n) is 2.13. The fourth-order valence-corrected chi connectivity index (χ4v) is 2.13. The molecule has 0 aromatic heterocycles. The fraction of sp³-hybridized carbons (Fsp3) is 0.917. The van der Waals surface area contributed by atoms with Gasteiger partial charge in [0.1, 0.15) is 0 Å². The molecule has 1 aliphatic rings. The first-order valence-corrected chi connectivity index (χ1v) is 6.29. The normalized spacial score (nSPS) is 24.7. The summed E-state index contributed by atoms with van der Waals surface area (Å²) < 4.78 is 5.45. The molecule has 0 aromatic carbocycles. The molecular weight excluding hydrogens is 204 g/mol. The Morgan fingerprint density at radius 2 is 2.25 bits per heavy atom. The van der Waals surface area contributed by atoms with Gasteiger partial charge in [-0.15, -0.1) is 0 Å². The highest BCUT2D eigenvalue weighted by Gasteiger charge is 2.30. The topological polar surface area (TPSA) is 55.6 Å². The largest absolute Gasteiger partial charge is 0.378 e. The van der Waals surface area contributed by atoms with Gasteiger partial charge in [-0.2, -0.15) is 0 Å². The van der Waals surface area contributed by atoms with Gasteiger partial charge in [0.25, 0.3) is 0 Å². The summed E-state index contributed by atoms with van der Waals surface area (Å²) in [6.45, 7) is 6.97. The van der Waals surface area contributed by atoms with Gasteiger partial charge in [0.2, 0.25) is 5.91 Å². The van der Waals surface area contributed by atoms with Gasteiger partial charge in [-0.1, -0.05) is 6.92 Å². The van der Waals surface area contributed by atoms with Crippen molar-refractivity contribution in [1.29, 1.82) is 0 Å². The van der Waals surface area contributed by atoms with E-state index in [2.05, 4.69) is 6.92 Å². The van der Waals surface area contributed by atoms with E-state index in [1.807, 2.05) is 11.8 Å². The lowest BCUT2D eigenvalue weighted by atomic mass is 10.0. The molecule has 2 atom stereocenters. The Hall–Kier alpha value is -0.610. The van der Waals surface area contributed by atoms with Crippen molar-refractivity contribution in [2.75, 3.05) is 26.2 Å². The second-order valence-corrected chi connectivity index (χ2v) is 4.54. The monoisotopic (exact) mass is 228 g/mol. The summed E-state index contributed by atoms with van der Waals surface area (Å²) in [6.07, 6.45) is 2.97. The lowest BCUT2D eigenvalue weighted by molar-refractivity contribution is -0.135. The maximum atomic E-state index is 12.2. The zero-order chi connectivity index (χ0) is 12.0. The number of carbonyl (C=O) groups excluding carboxylic acids is 1. The zero-order valence-corrected chi connectivity index (χ0v) is 10.4. The molecule has 0 aliphatic carbocycles. The average molecular weight is 228 g/mol. The van der Waals surface area contributed by atoms with E-state index in [9.17, 15) is 4.79 Å². The van der Waals surface area contributed by atoms with Gasteiger partial charge in [0.05, 0.1) is 18.6 Å². The van der Waals surface area contributed by atoms with Gasteiger partial charge >= 0.3 is 0 Å². The molecule has 4 heteroatoms. The smallest absolute Gasteiger partial charge is 0.228 e. The minimum Gasteiger partial charge on any atom is -0.378 e. The van der Waals surface area contributed by atoms with E-state index in [1.54, 1.807) is 0 Å². The highest BCUT2D eigenvalue weighted by atomic mass is 16.5. The summed E-state index contributed by atoms with van der Waals surface area (Å²) >= 11 is 0. The van der Waals surface area contributed by atoms with E-state index in [0.717, 1.165) is 32.4 Å². The Bertz CT molecular complexity index is 221. The van der Waals surface area contributed by atoms with Crippen LogP contribution in [0.1, 0.15) is 33.1 Å². The van der Waals surface area contributed by atoms with Gasteiger partial charge in [0, 0.05) is 13.1 Å². The molecule has 0 spiro atoms. The van der Waals surface area contributed by atoms with Crippen molar-refractivity contribution in [3.05, 3.63) is 0 Å². The summed E-state index contributed by atoms with van der Waals surface area (Å²) in [5, 5.41) is 0. The lowest BCUT2D eigenvalue weighted by Crippen LogP contribution is -2.38. The molecule has 1 amide bonds. The number of amides is 1. The Balaban J connectivity index is 2.45. The van der Waals surface area contributed by atoms with Crippen LogP contribution < -0.4 is 5.73 Å². The van der Waals surface area contributed by atoms with Gasteiger partial charge in [-0.25, -0.2) is 0 Å². The van der Waals surface area contributed by atoms with Crippen molar-refractivity contribution in [2.24, 2.45) is 11.7 Å².